The highest BCUT2D eigenvalue weighted by Crippen LogP contribution is 2.27. The van der Waals surface area contributed by atoms with E-state index in [2.05, 4.69) is 10.3 Å². The first kappa shape index (κ1) is 21.4. The number of carbonyl (C=O) groups excluding carboxylic acids is 1. The van der Waals surface area contributed by atoms with Gasteiger partial charge in [0.05, 0.1) is 37.4 Å². The van der Waals surface area contributed by atoms with Crippen LogP contribution in [0.5, 0.6) is 0 Å². The number of amides is 1. The van der Waals surface area contributed by atoms with Crippen molar-refractivity contribution in [3.05, 3.63) is 29.8 Å². The highest BCUT2D eigenvalue weighted by Gasteiger charge is 2.34. The second kappa shape index (κ2) is 8.58. The SMILES string of the molecule is CC(C)(C)OC(=O)N[C@H](c1nc2cc(F)ccc2n1CC(F)F)[C@H]1COCCO1. The van der Waals surface area contributed by atoms with Crippen LogP contribution in [0, 0.1) is 5.82 Å². The van der Waals surface area contributed by atoms with Crippen molar-refractivity contribution < 1.29 is 32.2 Å². The molecule has 0 saturated carbocycles. The third-order valence-corrected chi connectivity index (χ3v) is 4.22. The molecule has 7 nitrogen and oxygen atoms in total. The van der Waals surface area contributed by atoms with Crippen LogP contribution in [0.3, 0.4) is 0 Å². The van der Waals surface area contributed by atoms with Crippen LogP contribution >= 0.6 is 0 Å². The van der Waals surface area contributed by atoms with Gasteiger partial charge in [0.15, 0.2) is 0 Å². The summed E-state index contributed by atoms with van der Waals surface area (Å²) < 4.78 is 57.9. The zero-order chi connectivity index (χ0) is 21.2. The first-order chi connectivity index (χ1) is 13.6. The van der Waals surface area contributed by atoms with Crippen LogP contribution in [0.4, 0.5) is 18.0 Å². The number of nitrogens with zero attached hydrogens (tertiary/aromatic N) is 2. The van der Waals surface area contributed by atoms with Crippen molar-refractivity contribution in [2.45, 2.75) is 51.5 Å². The molecule has 29 heavy (non-hydrogen) atoms. The van der Waals surface area contributed by atoms with E-state index in [0.717, 1.165) is 6.07 Å². The average Bonchev–Trinajstić information content (AvgIpc) is 2.95. The third kappa shape index (κ3) is 5.39. The Hall–Kier alpha value is -2.33. The van der Waals surface area contributed by atoms with Gasteiger partial charge in [-0.05, 0) is 32.9 Å². The molecule has 10 heteroatoms. The number of rotatable bonds is 5. The second-order valence-electron chi connectivity index (χ2n) is 7.71. The Morgan fingerprint density at radius 1 is 1.38 bits per heavy atom. The van der Waals surface area contributed by atoms with Gasteiger partial charge in [-0.25, -0.2) is 22.9 Å². The molecule has 0 radical (unpaired) electrons. The zero-order valence-electron chi connectivity index (χ0n) is 16.5. The highest BCUT2D eigenvalue weighted by molar-refractivity contribution is 5.76. The highest BCUT2D eigenvalue weighted by atomic mass is 19.3. The van der Waals surface area contributed by atoms with Crippen molar-refractivity contribution in [3.63, 3.8) is 0 Å². The molecule has 1 aromatic heterocycles. The van der Waals surface area contributed by atoms with Crippen molar-refractivity contribution in [1.29, 1.82) is 0 Å². The van der Waals surface area contributed by atoms with Gasteiger partial charge < -0.3 is 24.1 Å². The van der Waals surface area contributed by atoms with E-state index in [1.165, 1.54) is 16.7 Å². The van der Waals surface area contributed by atoms with Crippen LogP contribution in [0.25, 0.3) is 11.0 Å². The number of aromatic nitrogens is 2. The van der Waals surface area contributed by atoms with E-state index >= 15 is 0 Å². The minimum absolute atomic E-state index is 0.118. The standard InChI is InChI=1S/C19H24F3N3O4/c1-19(2,3)29-18(26)24-16(14-10-27-6-7-28-14)17-23-12-8-11(20)4-5-13(12)25(17)9-15(21)22/h4-5,8,14-16H,6-7,9-10H2,1-3H3,(H,24,26)/t14-,16+/m1/s1. The summed E-state index contributed by atoms with van der Waals surface area (Å²) in [6, 6.07) is 2.78. The van der Waals surface area contributed by atoms with E-state index in [9.17, 15) is 18.0 Å². The molecule has 2 aromatic rings. The molecule has 1 aromatic carbocycles. The summed E-state index contributed by atoms with van der Waals surface area (Å²) in [4.78, 5) is 16.7. The average molecular weight is 415 g/mol. The lowest BCUT2D eigenvalue weighted by Gasteiger charge is -2.31. The number of hydrogen-bond acceptors (Lipinski definition) is 5. The molecule has 1 saturated heterocycles. The third-order valence-electron chi connectivity index (χ3n) is 4.22. The Labute approximate surface area is 166 Å². The maximum Gasteiger partial charge on any atom is 0.408 e. The fourth-order valence-corrected chi connectivity index (χ4v) is 3.15. The summed E-state index contributed by atoms with van der Waals surface area (Å²) in [5.41, 5.74) is -0.229. The molecule has 2 atom stereocenters. The Bertz CT molecular complexity index is 860. The molecule has 1 amide bonds. The number of fused-ring (bicyclic) bond motifs is 1. The molecule has 2 heterocycles. The van der Waals surface area contributed by atoms with Crippen molar-refractivity contribution >= 4 is 17.1 Å². The number of nitrogens with one attached hydrogen (secondary N) is 1. The van der Waals surface area contributed by atoms with Crippen LogP contribution < -0.4 is 5.32 Å². The largest absolute Gasteiger partial charge is 0.444 e. The summed E-state index contributed by atoms with van der Waals surface area (Å²) in [5.74, 6) is -0.424. The monoisotopic (exact) mass is 415 g/mol. The molecule has 0 bridgehead atoms. The molecule has 1 aliphatic heterocycles. The van der Waals surface area contributed by atoms with Gasteiger partial charge in [0.25, 0.3) is 6.43 Å². The molecule has 0 spiro atoms. The predicted molar refractivity (Wildman–Crippen MR) is 98.4 cm³/mol. The van der Waals surface area contributed by atoms with Crippen molar-refractivity contribution in [1.82, 2.24) is 14.9 Å². The number of benzene rings is 1. The topological polar surface area (TPSA) is 74.6 Å². The molecule has 1 N–H and O–H groups in total. The lowest BCUT2D eigenvalue weighted by atomic mass is 10.1. The minimum Gasteiger partial charge on any atom is -0.444 e. The van der Waals surface area contributed by atoms with Gasteiger partial charge in [0, 0.05) is 6.07 Å². The van der Waals surface area contributed by atoms with E-state index in [-0.39, 0.29) is 24.6 Å². The number of ether oxygens (including phenoxy) is 3. The summed E-state index contributed by atoms with van der Waals surface area (Å²) in [7, 11) is 0. The number of halogens is 3. The Kier molecular flexibility index (Phi) is 6.33. The number of alkyl carbamates (subject to hydrolysis) is 1. The van der Waals surface area contributed by atoms with Crippen molar-refractivity contribution in [2.75, 3.05) is 19.8 Å². The first-order valence-electron chi connectivity index (χ1n) is 9.27. The predicted octanol–water partition coefficient (Wildman–Crippen LogP) is 3.42. The lowest BCUT2D eigenvalue weighted by Crippen LogP contribution is -2.45. The molecule has 160 valence electrons. The molecule has 1 fully saturated rings. The van der Waals surface area contributed by atoms with Crippen LogP contribution in [0.1, 0.15) is 32.6 Å². The Balaban J connectivity index is 2.03. The molecule has 1 aliphatic rings. The number of alkyl halides is 2. The Morgan fingerprint density at radius 3 is 2.76 bits per heavy atom. The van der Waals surface area contributed by atoms with E-state index in [1.807, 2.05) is 0 Å². The molecule has 3 rings (SSSR count). The van der Waals surface area contributed by atoms with Gasteiger partial charge in [0.1, 0.15) is 29.4 Å². The maximum absolute atomic E-state index is 13.7. The van der Waals surface area contributed by atoms with E-state index in [4.69, 9.17) is 14.2 Å². The smallest absolute Gasteiger partial charge is 0.408 e. The molecular formula is C19H24F3N3O4. The van der Waals surface area contributed by atoms with Gasteiger partial charge >= 0.3 is 6.09 Å². The second-order valence-corrected chi connectivity index (χ2v) is 7.71. The lowest BCUT2D eigenvalue weighted by molar-refractivity contribution is -0.103. The van der Waals surface area contributed by atoms with Crippen molar-refractivity contribution in [2.24, 2.45) is 0 Å². The fraction of sp³-hybridized carbons (Fsp3) is 0.579. The van der Waals surface area contributed by atoms with Crippen LogP contribution in [-0.4, -0.2) is 53.6 Å². The van der Waals surface area contributed by atoms with Gasteiger partial charge in [-0.3, -0.25) is 0 Å². The molecule has 0 unspecified atom stereocenters. The zero-order valence-corrected chi connectivity index (χ0v) is 16.5. The summed E-state index contributed by atoms with van der Waals surface area (Å²) in [5, 5.41) is 2.66. The Morgan fingerprint density at radius 2 is 2.14 bits per heavy atom. The fourth-order valence-electron chi connectivity index (χ4n) is 3.15. The van der Waals surface area contributed by atoms with Gasteiger partial charge in [0.2, 0.25) is 0 Å². The molecule has 0 aliphatic carbocycles. The van der Waals surface area contributed by atoms with Gasteiger partial charge in [-0.1, -0.05) is 0 Å². The van der Waals surface area contributed by atoms with Crippen LogP contribution in [-0.2, 0) is 20.8 Å². The quantitative estimate of drug-likeness (QED) is 0.810. The van der Waals surface area contributed by atoms with E-state index in [0.29, 0.717) is 12.1 Å². The summed E-state index contributed by atoms with van der Waals surface area (Å²) in [6.45, 7) is 5.24. The molecular weight excluding hydrogens is 391 g/mol. The number of carbonyl (C=O) groups is 1. The van der Waals surface area contributed by atoms with E-state index in [1.54, 1.807) is 20.8 Å². The van der Waals surface area contributed by atoms with Crippen LogP contribution in [0.15, 0.2) is 18.2 Å². The number of imidazole rings is 1. The van der Waals surface area contributed by atoms with Crippen LogP contribution in [0.2, 0.25) is 0 Å². The van der Waals surface area contributed by atoms with Gasteiger partial charge in [-0.2, -0.15) is 0 Å². The van der Waals surface area contributed by atoms with Crippen molar-refractivity contribution in [3.8, 4) is 0 Å². The first-order valence-corrected chi connectivity index (χ1v) is 9.27. The summed E-state index contributed by atoms with van der Waals surface area (Å²) in [6.07, 6.45) is -4.10. The minimum atomic E-state index is -2.68. The summed E-state index contributed by atoms with van der Waals surface area (Å²) >= 11 is 0. The maximum atomic E-state index is 13.7. The van der Waals surface area contributed by atoms with E-state index < -0.39 is 42.6 Å². The number of hydrogen-bond donors (Lipinski definition) is 1. The normalized spacial score (nSPS) is 18.8. The van der Waals surface area contributed by atoms with Gasteiger partial charge in [-0.15, -0.1) is 0 Å².